The Hall–Kier alpha value is -2.84. The minimum atomic E-state index is -0.263. The minimum absolute atomic E-state index is 0.0121. The third-order valence-corrected chi connectivity index (χ3v) is 6.53. The summed E-state index contributed by atoms with van der Waals surface area (Å²) in [6.07, 6.45) is 3.24. The number of amides is 1. The lowest BCUT2D eigenvalue weighted by molar-refractivity contribution is 0.0798. The smallest absolute Gasteiger partial charge is 0.265 e. The molecule has 0 aliphatic carbocycles. The van der Waals surface area contributed by atoms with E-state index < -0.39 is 0 Å². The molecule has 0 atom stereocenters. The summed E-state index contributed by atoms with van der Waals surface area (Å²) in [6.45, 7) is 0.635. The lowest BCUT2D eigenvalue weighted by atomic mass is 10.1. The molecule has 3 aromatic heterocycles. The number of aromatic nitrogens is 3. The normalized spacial score (nSPS) is 11.0. The zero-order valence-corrected chi connectivity index (χ0v) is 17.4. The standard InChI is InChI=1S/C21H19FN4OS2/c1-26(21(27)19-13-23-20(29-19)18-5-3-11-28-18)10-2-4-16-12-17(25-24-16)14-6-8-15(22)9-7-14/h3,5-9,11-13H,2,4,10H2,1H3,(H,24,25). The first-order chi connectivity index (χ1) is 14.1. The maximum Gasteiger partial charge on any atom is 0.265 e. The van der Waals surface area contributed by atoms with Gasteiger partial charge in [0.15, 0.2) is 0 Å². The van der Waals surface area contributed by atoms with Gasteiger partial charge in [-0.15, -0.1) is 22.7 Å². The highest BCUT2D eigenvalue weighted by atomic mass is 32.1. The summed E-state index contributed by atoms with van der Waals surface area (Å²) in [6, 6.07) is 12.2. The van der Waals surface area contributed by atoms with Gasteiger partial charge >= 0.3 is 0 Å². The van der Waals surface area contributed by atoms with E-state index in [2.05, 4.69) is 15.2 Å². The predicted molar refractivity (Wildman–Crippen MR) is 115 cm³/mol. The second-order valence-corrected chi connectivity index (χ2v) is 8.60. The minimum Gasteiger partial charge on any atom is -0.341 e. The molecule has 4 rings (SSSR count). The van der Waals surface area contributed by atoms with Crippen molar-refractivity contribution >= 4 is 28.6 Å². The Morgan fingerprint density at radius 2 is 2.07 bits per heavy atom. The zero-order valence-electron chi connectivity index (χ0n) is 15.8. The number of rotatable bonds is 7. The van der Waals surface area contributed by atoms with Gasteiger partial charge in [0.2, 0.25) is 0 Å². The SMILES string of the molecule is CN(CCCc1cc(-c2ccc(F)cc2)n[nH]1)C(=O)c1cnc(-c2cccs2)s1. The zero-order chi connectivity index (χ0) is 20.2. The number of halogens is 1. The van der Waals surface area contributed by atoms with Crippen molar-refractivity contribution in [1.82, 2.24) is 20.1 Å². The molecule has 0 saturated heterocycles. The number of aryl methyl sites for hydroxylation is 1. The number of nitrogens with zero attached hydrogens (tertiary/aromatic N) is 3. The summed E-state index contributed by atoms with van der Waals surface area (Å²) in [5, 5.41) is 10.2. The number of carbonyl (C=O) groups is 1. The summed E-state index contributed by atoms with van der Waals surface area (Å²) in [7, 11) is 1.81. The van der Waals surface area contributed by atoms with Gasteiger partial charge in [0.25, 0.3) is 5.91 Å². The number of nitrogens with one attached hydrogen (secondary N) is 1. The molecule has 148 valence electrons. The molecule has 3 heterocycles. The third kappa shape index (κ3) is 4.60. The number of aromatic amines is 1. The molecule has 4 aromatic rings. The Morgan fingerprint density at radius 3 is 2.83 bits per heavy atom. The molecule has 0 saturated carbocycles. The van der Waals surface area contributed by atoms with Crippen LogP contribution in [-0.2, 0) is 6.42 Å². The molecule has 29 heavy (non-hydrogen) atoms. The highest BCUT2D eigenvalue weighted by Gasteiger charge is 2.16. The van der Waals surface area contributed by atoms with Crippen LogP contribution in [0.2, 0.25) is 0 Å². The van der Waals surface area contributed by atoms with E-state index in [4.69, 9.17) is 0 Å². The number of thiophene rings is 1. The molecule has 1 N–H and O–H groups in total. The second kappa shape index (κ2) is 8.67. The Kier molecular flexibility index (Phi) is 5.82. The number of benzene rings is 1. The first-order valence-electron chi connectivity index (χ1n) is 9.15. The second-order valence-electron chi connectivity index (χ2n) is 6.62. The van der Waals surface area contributed by atoms with Crippen LogP contribution < -0.4 is 0 Å². The topological polar surface area (TPSA) is 61.9 Å². The van der Waals surface area contributed by atoms with Crippen LogP contribution in [0.4, 0.5) is 4.39 Å². The van der Waals surface area contributed by atoms with Crippen molar-refractivity contribution in [2.75, 3.05) is 13.6 Å². The number of H-pyrrole nitrogens is 1. The van der Waals surface area contributed by atoms with E-state index >= 15 is 0 Å². The molecular formula is C21H19FN4OS2. The van der Waals surface area contributed by atoms with Gasteiger partial charge in [-0.2, -0.15) is 5.10 Å². The van der Waals surface area contributed by atoms with Crippen LogP contribution in [0, 0.1) is 5.82 Å². The third-order valence-electron chi connectivity index (χ3n) is 4.51. The molecule has 5 nitrogen and oxygen atoms in total. The van der Waals surface area contributed by atoms with Crippen LogP contribution in [0.15, 0.2) is 54.0 Å². The van der Waals surface area contributed by atoms with Gasteiger partial charge in [0, 0.05) is 24.8 Å². The fourth-order valence-electron chi connectivity index (χ4n) is 2.94. The van der Waals surface area contributed by atoms with Gasteiger partial charge in [-0.05, 0) is 54.6 Å². The Balaban J connectivity index is 1.30. The molecule has 1 aromatic carbocycles. The first kappa shape index (κ1) is 19.5. The van der Waals surface area contributed by atoms with Crippen LogP contribution in [0.3, 0.4) is 0 Å². The van der Waals surface area contributed by atoms with Crippen molar-refractivity contribution in [2.24, 2.45) is 0 Å². The van der Waals surface area contributed by atoms with E-state index in [0.717, 1.165) is 39.7 Å². The van der Waals surface area contributed by atoms with Crippen molar-refractivity contribution in [3.05, 3.63) is 70.4 Å². The molecular weight excluding hydrogens is 407 g/mol. The van der Waals surface area contributed by atoms with Gasteiger partial charge < -0.3 is 4.90 Å². The Morgan fingerprint density at radius 1 is 1.24 bits per heavy atom. The van der Waals surface area contributed by atoms with Crippen molar-refractivity contribution in [1.29, 1.82) is 0 Å². The quantitative estimate of drug-likeness (QED) is 0.447. The van der Waals surface area contributed by atoms with Gasteiger partial charge in [-0.25, -0.2) is 9.37 Å². The molecule has 1 amide bonds. The van der Waals surface area contributed by atoms with Gasteiger partial charge in [-0.3, -0.25) is 9.89 Å². The van der Waals surface area contributed by atoms with E-state index in [9.17, 15) is 9.18 Å². The summed E-state index contributed by atoms with van der Waals surface area (Å²) < 4.78 is 13.0. The Labute approximate surface area is 175 Å². The number of carbonyl (C=O) groups excluding carboxylic acids is 1. The average Bonchev–Trinajstić information content (AvgIpc) is 3.48. The van der Waals surface area contributed by atoms with Gasteiger partial charge in [0.05, 0.1) is 16.8 Å². The highest BCUT2D eigenvalue weighted by molar-refractivity contribution is 7.21. The number of thiazole rings is 1. The molecule has 0 aliphatic heterocycles. The summed E-state index contributed by atoms with van der Waals surface area (Å²) in [5.41, 5.74) is 2.64. The van der Waals surface area contributed by atoms with Crippen LogP contribution in [-0.4, -0.2) is 39.6 Å². The van der Waals surface area contributed by atoms with Crippen LogP contribution >= 0.6 is 22.7 Å². The van der Waals surface area contributed by atoms with Crippen molar-refractivity contribution in [3.8, 4) is 21.1 Å². The summed E-state index contributed by atoms with van der Waals surface area (Å²) in [4.78, 5) is 20.5. The lowest BCUT2D eigenvalue weighted by Gasteiger charge is -2.15. The van der Waals surface area contributed by atoms with Crippen molar-refractivity contribution in [3.63, 3.8) is 0 Å². The van der Waals surface area contributed by atoms with E-state index in [1.165, 1.54) is 23.5 Å². The van der Waals surface area contributed by atoms with Crippen LogP contribution in [0.1, 0.15) is 21.8 Å². The fourth-order valence-corrected chi connectivity index (χ4v) is 4.66. The maximum atomic E-state index is 13.0. The average molecular weight is 427 g/mol. The van der Waals surface area contributed by atoms with E-state index in [1.54, 1.807) is 34.6 Å². The maximum absolute atomic E-state index is 13.0. The summed E-state index contributed by atoms with van der Waals surface area (Å²) in [5.74, 6) is -0.275. The van der Waals surface area contributed by atoms with Crippen LogP contribution in [0.25, 0.3) is 21.1 Å². The van der Waals surface area contributed by atoms with Gasteiger partial charge in [-0.1, -0.05) is 6.07 Å². The largest absolute Gasteiger partial charge is 0.341 e. The molecule has 0 radical (unpaired) electrons. The van der Waals surface area contributed by atoms with E-state index in [0.29, 0.717) is 11.4 Å². The molecule has 8 heteroatoms. The number of hydrogen-bond acceptors (Lipinski definition) is 5. The molecule has 0 aliphatic rings. The first-order valence-corrected chi connectivity index (χ1v) is 10.8. The Bertz CT molecular complexity index is 1090. The molecule has 0 spiro atoms. The predicted octanol–water partition coefficient (Wildman–Crippen LogP) is 5.11. The molecule has 0 fully saturated rings. The summed E-state index contributed by atoms with van der Waals surface area (Å²) >= 11 is 3.04. The van der Waals surface area contributed by atoms with E-state index in [-0.39, 0.29) is 11.7 Å². The van der Waals surface area contributed by atoms with E-state index in [1.807, 2.05) is 30.6 Å². The van der Waals surface area contributed by atoms with Crippen molar-refractivity contribution < 1.29 is 9.18 Å². The van der Waals surface area contributed by atoms with Gasteiger partial charge in [0.1, 0.15) is 15.7 Å². The van der Waals surface area contributed by atoms with Crippen LogP contribution in [0.5, 0.6) is 0 Å². The molecule has 0 bridgehead atoms. The lowest BCUT2D eigenvalue weighted by Crippen LogP contribution is -2.27. The highest BCUT2D eigenvalue weighted by Crippen LogP contribution is 2.29. The number of hydrogen-bond donors (Lipinski definition) is 1. The fraction of sp³-hybridized carbons (Fsp3) is 0.190. The van der Waals surface area contributed by atoms with Crippen molar-refractivity contribution in [2.45, 2.75) is 12.8 Å². The molecule has 0 unspecified atom stereocenters. The monoisotopic (exact) mass is 426 g/mol.